The number of para-hydroxylation sites is 1. The lowest BCUT2D eigenvalue weighted by Gasteiger charge is -2.27. The molecule has 0 unspecified atom stereocenters. The van der Waals surface area contributed by atoms with Crippen molar-refractivity contribution in [1.82, 2.24) is 10.3 Å². The molecule has 0 aliphatic carbocycles. The summed E-state index contributed by atoms with van der Waals surface area (Å²) < 4.78 is 0. The molecule has 0 radical (unpaired) electrons. The van der Waals surface area contributed by atoms with Crippen LogP contribution in [0.15, 0.2) is 42.6 Å². The first-order chi connectivity index (χ1) is 11.7. The molecule has 2 amide bonds. The van der Waals surface area contributed by atoms with Gasteiger partial charge in [0.1, 0.15) is 5.82 Å². The highest BCUT2D eigenvalue weighted by Crippen LogP contribution is 2.18. The number of rotatable bonds is 4. The van der Waals surface area contributed by atoms with Crippen LogP contribution in [0.3, 0.4) is 0 Å². The fraction of sp³-hybridized carbons (Fsp3) is 0.333. The van der Waals surface area contributed by atoms with E-state index >= 15 is 0 Å². The smallest absolute Gasteiger partial charge is 0.319 e. The highest BCUT2D eigenvalue weighted by Gasteiger charge is 2.12. The zero-order valence-electron chi connectivity index (χ0n) is 13.8. The van der Waals surface area contributed by atoms with Crippen LogP contribution < -0.4 is 15.5 Å². The topological polar surface area (TPSA) is 57.3 Å². The minimum absolute atomic E-state index is 0.197. The number of pyridine rings is 1. The van der Waals surface area contributed by atoms with Gasteiger partial charge in [0, 0.05) is 43.0 Å². The van der Waals surface area contributed by atoms with Crippen LogP contribution >= 0.6 is 11.8 Å². The number of hydrogen-bond acceptors (Lipinski definition) is 4. The number of hydrogen-bond donors (Lipinski definition) is 2. The molecule has 24 heavy (non-hydrogen) atoms. The Hall–Kier alpha value is -2.21. The third kappa shape index (κ3) is 4.41. The monoisotopic (exact) mass is 342 g/mol. The van der Waals surface area contributed by atoms with E-state index in [1.165, 1.54) is 0 Å². The van der Waals surface area contributed by atoms with Gasteiger partial charge in [-0.05, 0) is 36.2 Å². The Kier molecular flexibility index (Phi) is 5.59. The minimum atomic E-state index is -0.197. The van der Waals surface area contributed by atoms with Gasteiger partial charge in [0.15, 0.2) is 0 Å². The lowest BCUT2D eigenvalue weighted by atomic mass is 10.2. The highest BCUT2D eigenvalue weighted by molar-refractivity contribution is 7.99. The molecule has 2 heterocycles. The lowest BCUT2D eigenvalue weighted by molar-refractivity contribution is 0.251. The number of nitrogens with zero attached hydrogens (tertiary/aromatic N) is 2. The van der Waals surface area contributed by atoms with Crippen LogP contribution in [0, 0.1) is 6.92 Å². The fourth-order valence-corrected chi connectivity index (χ4v) is 3.50. The second kappa shape index (κ2) is 8.06. The van der Waals surface area contributed by atoms with Gasteiger partial charge >= 0.3 is 6.03 Å². The molecule has 2 aromatic rings. The predicted octanol–water partition coefficient (Wildman–Crippen LogP) is 3.26. The SMILES string of the molecule is Cc1ccccc1NC(=O)NCc1ccnc(N2CCSCC2)c1. The number of benzene rings is 1. The van der Waals surface area contributed by atoms with E-state index in [-0.39, 0.29) is 6.03 Å². The Labute approximate surface area is 146 Å². The van der Waals surface area contributed by atoms with Crippen molar-refractivity contribution in [3.8, 4) is 0 Å². The standard InChI is InChI=1S/C18H22N4OS/c1-14-4-2-3-5-16(14)21-18(23)20-13-15-6-7-19-17(12-15)22-8-10-24-11-9-22/h2-7,12H,8-11,13H2,1H3,(H2,20,21,23). The summed E-state index contributed by atoms with van der Waals surface area (Å²) in [7, 11) is 0. The molecule has 0 bridgehead atoms. The van der Waals surface area contributed by atoms with Crippen LogP contribution in [-0.2, 0) is 6.54 Å². The van der Waals surface area contributed by atoms with Gasteiger partial charge in [-0.2, -0.15) is 11.8 Å². The maximum absolute atomic E-state index is 12.1. The highest BCUT2D eigenvalue weighted by atomic mass is 32.2. The number of thioether (sulfide) groups is 1. The number of carbonyl (C=O) groups excluding carboxylic acids is 1. The van der Waals surface area contributed by atoms with Crippen LogP contribution in [0.5, 0.6) is 0 Å². The first-order valence-electron chi connectivity index (χ1n) is 8.10. The van der Waals surface area contributed by atoms with Crippen LogP contribution in [0.1, 0.15) is 11.1 Å². The Morgan fingerprint density at radius 2 is 2.04 bits per heavy atom. The Balaban J connectivity index is 1.56. The Morgan fingerprint density at radius 3 is 2.83 bits per heavy atom. The second-order valence-electron chi connectivity index (χ2n) is 5.74. The molecule has 6 heteroatoms. The van der Waals surface area contributed by atoms with Gasteiger partial charge < -0.3 is 15.5 Å². The number of carbonyl (C=O) groups is 1. The molecule has 5 nitrogen and oxygen atoms in total. The van der Waals surface area contributed by atoms with Gasteiger partial charge in [0.05, 0.1) is 0 Å². The number of urea groups is 1. The molecule has 3 rings (SSSR count). The van der Waals surface area contributed by atoms with Crippen molar-refractivity contribution in [2.75, 3.05) is 34.8 Å². The van der Waals surface area contributed by atoms with E-state index < -0.39 is 0 Å². The molecular formula is C18H22N4OS. The third-order valence-electron chi connectivity index (χ3n) is 3.99. The maximum Gasteiger partial charge on any atom is 0.319 e. The molecule has 1 fully saturated rings. The van der Waals surface area contributed by atoms with Gasteiger partial charge in [-0.15, -0.1) is 0 Å². The van der Waals surface area contributed by atoms with Crippen molar-refractivity contribution in [2.45, 2.75) is 13.5 Å². The molecular weight excluding hydrogens is 320 g/mol. The summed E-state index contributed by atoms with van der Waals surface area (Å²) in [5.74, 6) is 3.28. The lowest BCUT2D eigenvalue weighted by Crippen LogP contribution is -2.33. The van der Waals surface area contributed by atoms with Crippen molar-refractivity contribution in [3.05, 3.63) is 53.7 Å². The summed E-state index contributed by atoms with van der Waals surface area (Å²) >= 11 is 1.98. The average Bonchev–Trinajstić information content (AvgIpc) is 2.63. The number of amides is 2. The number of aryl methyl sites for hydroxylation is 1. The quantitative estimate of drug-likeness (QED) is 0.895. The molecule has 126 valence electrons. The van der Waals surface area contributed by atoms with E-state index in [2.05, 4.69) is 26.6 Å². The van der Waals surface area contributed by atoms with Crippen LogP contribution in [0.2, 0.25) is 0 Å². The molecule has 1 aromatic carbocycles. The Bertz CT molecular complexity index is 701. The molecule has 1 aliphatic heterocycles. The van der Waals surface area contributed by atoms with Crippen molar-refractivity contribution in [3.63, 3.8) is 0 Å². The first kappa shape index (κ1) is 16.6. The summed E-state index contributed by atoms with van der Waals surface area (Å²) in [6, 6.07) is 11.5. The summed E-state index contributed by atoms with van der Waals surface area (Å²) in [5.41, 5.74) is 2.93. The normalized spacial score (nSPS) is 14.3. The zero-order valence-corrected chi connectivity index (χ0v) is 14.6. The van der Waals surface area contributed by atoms with E-state index in [9.17, 15) is 4.79 Å². The van der Waals surface area contributed by atoms with Crippen molar-refractivity contribution < 1.29 is 4.79 Å². The van der Waals surface area contributed by atoms with Crippen molar-refractivity contribution in [2.24, 2.45) is 0 Å². The van der Waals surface area contributed by atoms with Crippen molar-refractivity contribution in [1.29, 1.82) is 0 Å². The van der Waals surface area contributed by atoms with Crippen LogP contribution in [0.25, 0.3) is 0 Å². The summed E-state index contributed by atoms with van der Waals surface area (Å²) in [6.07, 6.45) is 1.81. The van der Waals surface area contributed by atoms with E-state index in [0.29, 0.717) is 6.54 Å². The Morgan fingerprint density at radius 1 is 1.25 bits per heavy atom. The van der Waals surface area contributed by atoms with Gasteiger partial charge in [0.2, 0.25) is 0 Å². The minimum Gasteiger partial charge on any atom is -0.355 e. The number of aromatic nitrogens is 1. The van der Waals surface area contributed by atoms with Gasteiger partial charge in [-0.25, -0.2) is 9.78 Å². The van der Waals surface area contributed by atoms with Gasteiger partial charge in [0.25, 0.3) is 0 Å². The van der Waals surface area contributed by atoms with E-state index in [1.54, 1.807) is 0 Å². The molecule has 1 aromatic heterocycles. The van der Waals surface area contributed by atoms with E-state index in [1.807, 2.05) is 55.2 Å². The van der Waals surface area contributed by atoms with Crippen LogP contribution in [-0.4, -0.2) is 35.6 Å². The summed E-state index contributed by atoms with van der Waals surface area (Å²) in [4.78, 5) is 18.8. The largest absolute Gasteiger partial charge is 0.355 e. The summed E-state index contributed by atoms with van der Waals surface area (Å²) in [6.45, 7) is 4.52. The number of anilines is 2. The molecule has 0 saturated carbocycles. The zero-order chi connectivity index (χ0) is 16.8. The van der Waals surface area contributed by atoms with E-state index in [4.69, 9.17) is 0 Å². The van der Waals surface area contributed by atoms with Gasteiger partial charge in [-0.3, -0.25) is 0 Å². The molecule has 0 spiro atoms. The molecule has 1 saturated heterocycles. The second-order valence-corrected chi connectivity index (χ2v) is 6.97. The molecule has 1 aliphatic rings. The third-order valence-corrected chi connectivity index (χ3v) is 4.93. The van der Waals surface area contributed by atoms with Crippen molar-refractivity contribution >= 4 is 29.3 Å². The predicted molar refractivity (Wildman–Crippen MR) is 101 cm³/mol. The average molecular weight is 342 g/mol. The fourth-order valence-electron chi connectivity index (χ4n) is 2.60. The van der Waals surface area contributed by atoms with Crippen LogP contribution in [0.4, 0.5) is 16.3 Å². The summed E-state index contributed by atoms with van der Waals surface area (Å²) in [5, 5.41) is 5.78. The molecule has 0 atom stereocenters. The van der Waals surface area contributed by atoms with E-state index in [0.717, 1.165) is 47.2 Å². The first-order valence-corrected chi connectivity index (χ1v) is 9.26. The van der Waals surface area contributed by atoms with Gasteiger partial charge in [-0.1, -0.05) is 18.2 Å². The number of nitrogens with one attached hydrogen (secondary N) is 2. The maximum atomic E-state index is 12.1. The molecule has 2 N–H and O–H groups in total.